The zero-order valence-electron chi connectivity index (χ0n) is 11.8. The largest absolute Gasteiger partial charge is 1.00 e. The van der Waals surface area contributed by atoms with Gasteiger partial charge in [-0.25, -0.2) is 0 Å². The van der Waals surface area contributed by atoms with Gasteiger partial charge in [0.1, 0.15) is 0 Å². The molecular weight excluding hydrogens is 286 g/mol. The Morgan fingerprint density at radius 1 is 1.10 bits per heavy atom. The topological polar surface area (TPSA) is 43.7 Å². The van der Waals surface area contributed by atoms with Gasteiger partial charge in [-0.2, -0.15) is 0 Å². The lowest BCUT2D eigenvalue weighted by molar-refractivity contribution is -0.00000573. The van der Waals surface area contributed by atoms with Gasteiger partial charge in [-0.05, 0) is 48.2 Å². The first-order valence-electron chi connectivity index (χ1n) is 7.03. The fourth-order valence-corrected chi connectivity index (χ4v) is 3.67. The zero-order chi connectivity index (χ0) is 13.9. The Kier molecular flexibility index (Phi) is 3.34. The zero-order valence-corrected chi connectivity index (χ0v) is 12.6. The van der Waals surface area contributed by atoms with Crippen molar-refractivity contribution in [2.45, 2.75) is 18.9 Å². The third kappa shape index (κ3) is 1.92. The molecule has 2 aliphatic rings. The number of halogens is 1. The second-order valence-electron chi connectivity index (χ2n) is 5.80. The number of likely N-dealkylation sites (N-methyl/N-ethyl adjacent to an activating group) is 1. The van der Waals surface area contributed by atoms with E-state index in [-0.39, 0.29) is 23.9 Å². The van der Waals surface area contributed by atoms with Crippen molar-refractivity contribution in [2.24, 2.45) is 0 Å². The van der Waals surface area contributed by atoms with Gasteiger partial charge in [-0.3, -0.25) is 4.90 Å². The molecule has 0 saturated carbocycles. The second kappa shape index (κ2) is 4.93. The van der Waals surface area contributed by atoms with E-state index in [0.717, 1.165) is 36.1 Å². The minimum absolute atomic E-state index is 0. The molecule has 0 bridgehead atoms. The summed E-state index contributed by atoms with van der Waals surface area (Å²) in [5.74, 6) is -0.0217. The molecule has 1 heterocycles. The van der Waals surface area contributed by atoms with E-state index in [2.05, 4.69) is 30.1 Å². The van der Waals surface area contributed by atoms with Gasteiger partial charge < -0.3 is 22.6 Å². The SMILES string of the molecule is CN1CCc2cccc3c2[C@@H]1Cc1ccc(O)c(O)c1-3.[Cl-]. The second-order valence-corrected chi connectivity index (χ2v) is 5.80. The summed E-state index contributed by atoms with van der Waals surface area (Å²) in [4.78, 5) is 2.39. The molecule has 2 aromatic rings. The number of rotatable bonds is 0. The van der Waals surface area contributed by atoms with Crippen LogP contribution in [0.1, 0.15) is 22.7 Å². The first kappa shape index (κ1) is 14.2. The number of aromatic hydroxyl groups is 2. The highest BCUT2D eigenvalue weighted by molar-refractivity contribution is 5.82. The van der Waals surface area contributed by atoms with Crippen molar-refractivity contribution in [3.05, 3.63) is 47.0 Å². The minimum Gasteiger partial charge on any atom is -1.00 e. The number of benzene rings is 2. The van der Waals surface area contributed by atoms with Crippen LogP contribution in [0.3, 0.4) is 0 Å². The van der Waals surface area contributed by atoms with Crippen LogP contribution in [0.4, 0.5) is 0 Å². The molecule has 1 aliphatic carbocycles. The Labute approximate surface area is 130 Å². The molecule has 0 aromatic heterocycles. The summed E-state index contributed by atoms with van der Waals surface area (Å²) in [5.41, 5.74) is 5.71. The molecule has 0 radical (unpaired) electrons. The van der Waals surface area contributed by atoms with Crippen molar-refractivity contribution in [3.8, 4) is 22.6 Å². The van der Waals surface area contributed by atoms with Crippen LogP contribution in [0.15, 0.2) is 30.3 Å². The summed E-state index contributed by atoms with van der Waals surface area (Å²) in [6, 6.07) is 10.2. The van der Waals surface area contributed by atoms with Crippen molar-refractivity contribution in [3.63, 3.8) is 0 Å². The molecule has 1 atom stereocenters. The van der Waals surface area contributed by atoms with Crippen LogP contribution < -0.4 is 12.4 Å². The van der Waals surface area contributed by atoms with Crippen LogP contribution in [0, 0.1) is 0 Å². The van der Waals surface area contributed by atoms with E-state index >= 15 is 0 Å². The van der Waals surface area contributed by atoms with E-state index in [0.29, 0.717) is 6.04 Å². The molecule has 4 heteroatoms. The number of hydrogen-bond donors (Lipinski definition) is 2. The average Bonchev–Trinajstić information content (AvgIpc) is 2.46. The number of nitrogens with zero attached hydrogens (tertiary/aromatic N) is 1. The molecule has 2 aromatic carbocycles. The molecule has 21 heavy (non-hydrogen) atoms. The third-order valence-electron chi connectivity index (χ3n) is 4.72. The normalized spacial score (nSPS) is 19.4. The first-order chi connectivity index (χ1) is 9.66. The molecule has 3 nitrogen and oxygen atoms in total. The molecule has 2 N–H and O–H groups in total. The van der Waals surface area contributed by atoms with Gasteiger partial charge in [0.05, 0.1) is 0 Å². The molecule has 0 spiro atoms. The smallest absolute Gasteiger partial charge is 0.165 e. The molecule has 0 saturated heterocycles. The summed E-state index contributed by atoms with van der Waals surface area (Å²) in [6.07, 6.45) is 1.94. The van der Waals surface area contributed by atoms with E-state index in [1.54, 1.807) is 6.07 Å². The van der Waals surface area contributed by atoms with Crippen molar-refractivity contribution < 1.29 is 22.6 Å². The Bertz CT molecular complexity index is 714. The van der Waals surface area contributed by atoms with Gasteiger partial charge in [0.2, 0.25) is 0 Å². The summed E-state index contributed by atoms with van der Waals surface area (Å²) in [6.45, 7) is 1.07. The molecule has 0 amide bonds. The lowest BCUT2D eigenvalue weighted by atomic mass is 9.77. The van der Waals surface area contributed by atoms with Gasteiger partial charge in [0.15, 0.2) is 11.5 Å². The monoisotopic (exact) mass is 302 g/mol. The quantitative estimate of drug-likeness (QED) is 0.666. The van der Waals surface area contributed by atoms with E-state index in [9.17, 15) is 10.2 Å². The molecule has 1 aliphatic heterocycles. The van der Waals surface area contributed by atoms with E-state index in [1.165, 1.54) is 11.1 Å². The van der Waals surface area contributed by atoms with Crippen LogP contribution in [0.25, 0.3) is 11.1 Å². The fourth-order valence-electron chi connectivity index (χ4n) is 3.67. The summed E-state index contributed by atoms with van der Waals surface area (Å²) in [5, 5.41) is 20.1. The van der Waals surface area contributed by atoms with Gasteiger partial charge >= 0.3 is 0 Å². The third-order valence-corrected chi connectivity index (χ3v) is 4.72. The number of fused-ring (bicyclic) bond motifs is 2. The highest BCUT2D eigenvalue weighted by Crippen LogP contribution is 2.49. The summed E-state index contributed by atoms with van der Waals surface area (Å²) < 4.78 is 0. The van der Waals surface area contributed by atoms with Crippen molar-refractivity contribution >= 4 is 0 Å². The van der Waals surface area contributed by atoms with Crippen LogP contribution >= 0.6 is 0 Å². The van der Waals surface area contributed by atoms with Crippen LogP contribution in [-0.2, 0) is 12.8 Å². The Hall–Kier alpha value is -1.71. The van der Waals surface area contributed by atoms with Gasteiger partial charge in [-0.15, -0.1) is 0 Å². The van der Waals surface area contributed by atoms with Crippen molar-refractivity contribution in [1.29, 1.82) is 0 Å². The fraction of sp³-hybridized carbons (Fsp3) is 0.294. The molecule has 110 valence electrons. The number of hydrogen-bond acceptors (Lipinski definition) is 3. The van der Waals surface area contributed by atoms with Crippen LogP contribution in [-0.4, -0.2) is 28.7 Å². The van der Waals surface area contributed by atoms with Crippen molar-refractivity contribution in [2.75, 3.05) is 13.6 Å². The Morgan fingerprint density at radius 2 is 1.90 bits per heavy atom. The highest BCUT2D eigenvalue weighted by Gasteiger charge is 2.33. The first-order valence-corrected chi connectivity index (χ1v) is 7.03. The maximum atomic E-state index is 10.3. The van der Waals surface area contributed by atoms with E-state index < -0.39 is 0 Å². The Morgan fingerprint density at radius 3 is 2.71 bits per heavy atom. The minimum atomic E-state index is -0.0380. The van der Waals surface area contributed by atoms with Crippen LogP contribution in [0.5, 0.6) is 11.5 Å². The maximum Gasteiger partial charge on any atom is 0.165 e. The van der Waals surface area contributed by atoms with E-state index in [1.807, 2.05) is 6.07 Å². The van der Waals surface area contributed by atoms with Crippen molar-refractivity contribution in [1.82, 2.24) is 4.90 Å². The number of phenols is 2. The number of phenolic OH excluding ortho intramolecular Hbond substituents is 2. The predicted octanol–water partition coefficient (Wildman–Crippen LogP) is -0.146. The summed E-state index contributed by atoms with van der Waals surface area (Å²) >= 11 is 0. The van der Waals surface area contributed by atoms with Gasteiger partial charge in [0, 0.05) is 18.2 Å². The molecule has 0 unspecified atom stereocenters. The summed E-state index contributed by atoms with van der Waals surface area (Å²) in [7, 11) is 2.16. The molecule has 0 fully saturated rings. The van der Waals surface area contributed by atoms with E-state index in [4.69, 9.17) is 0 Å². The molecule has 4 rings (SSSR count). The lowest BCUT2D eigenvalue weighted by Crippen LogP contribution is -3.00. The lowest BCUT2D eigenvalue weighted by Gasteiger charge is -2.39. The van der Waals surface area contributed by atoms with Gasteiger partial charge in [-0.1, -0.05) is 24.3 Å². The predicted molar refractivity (Wildman–Crippen MR) is 78.0 cm³/mol. The highest BCUT2D eigenvalue weighted by atomic mass is 35.5. The standard InChI is InChI=1S/C17H17NO2.ClH/c1-18-8-7-10-3-2-4-12-15(10)13(18)9-11-5-6-14(19)17(20)16(11)12;/h2-6,13,19-20H,7-9H2,1H3;1H/p-1/t13-;/m0./s1. The Balaban J connectivity index is 0.00000132. The molecular formula is C17H17ClNO2-. The van der Waals surface area contributed by atoms with Crippen LogP contribution in [0.2, 0.25) is 0 Å². The average molecular weight is 303 g/mol. The van der Waals surface area contributed by atoms with Gasteiger partial charge in [0.25, 0.3) is 0 Å². The maximum absolute atomic E-state index is 10.3.